The molecule has 28 heavy (non-hydrogen) atoms. The molecule has 0 radical (unpaired) electrons. The maximum absolute atomic E-state index is 13.4. The van der Waals surface area contributed by atoms with Crippen molar-refractivity contribution in [2.24, 2.45) is 0 Å². The first-order valence-electron chi connectivity index (χ1n) is 9.18. The minimum Gasteiger partial charge on any atom is -0.465 e. The van der Waals surface area contributed by atoms with E-state index in [9.17, 15) is 9.18 Å². The van der Waals surface area contributed by atoms with Crippen LogP contribution in [0.2, 0.25) is 0 Å². The average Bonchev–Trinajstić information content (AvgIpc) is 2.74. The zero-order valence-electron chi connectivity index (χ0n) is 15.4. The van der Waals surface area contributed by atoms with Crippen LogP contribution in [0.1, 0.15) is 34.5 Å². The van der Waals surface area contributed by atoms with Crippen LogP contribution in [-0.4, -0.2) is 22.6 Å². The minimum absolute atomic E-state index is 0.297. The SMILES string of the molecule is COC(=O)c1ccc(-n2c(-c3ccc(F)cc3)nc(=S)c3c2CCCC3)cc1. The van der Waals surface area contributed by atoms with Crippen molar-refractivity contribution in [1.29, 1.82) is 0 Å². The second-order valence-corrected chi connectivity index (χ2v) is 7.14. The summed E-state index contributed by atoms with van der Waals surface area (Å²) in [4.78, 5) is 16.5. The molecule has 0 bridgehead atoms. The molecule has 0 amide bonds. The molecular formula is C22H19FN2O2S. The molecule has 0 N–H and O–H groups in total. The maximum atomic E-state index is 13.4. The first kappa shape index (κ1) is 18.5. The Labute approximate surface area is 167 Å². The Morgan fingerprint density at radius 1 is 1.07 bits per heavy atom. The normalized spacial score (nSPS) is 13.1. The van der Waals surface area contributed by atoms with Gasteiger partial charge in [-0.1, -0.05) is 12.2 Å². The molecule has 4 rings (SSSR count). The molecule has 0 aliphatic heterocycles. The second-order valence-electron chi connectivity index (χ2n) is 6.75. The fourth-order valence-electron chi connectivity index (χ4n) is 3.64. The van der Waals surface area contributed by atoms with Crippen LogP contribution < -0.4 is 0 Å². The van der Waals surface area contributed by atoms with Gasteiger partial charge in [-0.15, -0.1) is 0 Å². The van der Waals surface area contributed by atoms with Gasteiger partial charge < -0.3 is 4.74 Å². The van der Waals surface area contributed by atoms with Crippen LogP contribution in [-0.2, 0) is 17.6 Å². The standard InChI is InChI=1S/C22H19FN2O2S/c1-27-22(26)15-8-12-17(13-9-15)25-19-5-3-2-4-18(19)21(28)24-20(25)14-6-10-16(23)11-7-14/h6-13H,2-5H2,1H3. The number of carbonyl (C=O) groups is 1. The molecule has 1 heterocycles. The zero-order chi connectivity index (χ0) is 19.7. The lowest BCUT2D eigenvalue weighted by Crippen LogP contribution is -2.17. The van der Waals surface area contributed by atoms with Gasteiger partial charge in [0.05, 0.1) is 12.7 Å². The highest BCUT2D eigenvalue weighted by Gasteiger charge is 2.20. The highest BCUT2D eigenvalue weighted by atomic mass is 32.1. The van der Waals surface area contributed by atoms with Gasteiger partial charge in [0.2, 0.25) is 0 Å². The summed E-state index contributed by atoms with van der Waals surface area (Å²) >= 11 is 5.57. The molecule has 4 nitrogen and oxygen atoms in total. The third-order valence-electron chi connectivity index (χ3n) is 5.04. The van der Waals surface area contributed by atoms with Crippen LogP contribution in [0.3, 0.4) is 0 Å². The Bertz CT molecular complexity index is 1090. The first-order valence-corrected chi connectivity index (χ1v) is 9.59. The van der Waals surface area contributed by atoms with E-state index in [-0.39, 0.29) is 11.8 Å². The van der Waals surface area contributed by atoms with Gasteiger partial charge in [0.1, 0.15) is 16.3 Å². The molecular weight excluding hydrogens is 375 g/mol. The van der Waals surface area contributed by atoms with Crippen molar-refractivity contribution < 1.29 is 13.9 Å². The third-order valence-corrected chi connectivity index (χ3v) is 5.37. The molecule has 0 fully saturated rings. The van der Waals surface area contributed by atoms with Crippen LogP contribution >= 0.6 is 12.2 Å². The average molecular weight is 394 g/mol. The number of hydrogen-bond acceptors (Lipinski definition) is 4. The highest BCUT2D eigenvalue weighted by Crippen LogP contribution is 2.30. The quantitative estimate of drug-likeness (QED) is 0.459. The molecule has 0 saturated carbocycles. The van der Waals surface area contributed by atoms with Gasteiger partial charge in [0.15, 0.2) is 0 Å². The summed E-state index contributed by atoms with van der Waals surface area (Å²) in [5, 5.41) is 0. The number of halogens is 1. The van der Waals surface area contributed by atoms with Crippen LogP contribution in [0.15, 0.2) is 48.5 Å². The van der Waals surface area contributed by atoms with Crippen LogP contribution in [0.25, 0.3) is 17.1 Å². The van der Waals surface area contributed by atoms with Crippen LogP contribution in [0, 0.1) is 10.5 Å². The number of methoxy groups -OCH3 is 1. The van der Waals surface area contributed by atoms with Crippen LogP contribution in [0.4, 0.5) is 4.39 Å². The summed E-state index contributed by atoms with van der Waals surface area (Å²) in [7, 11) is 1.36. The van der Waals surface area contributed by atoms with E-state index in [0.29, 0.717) is 16.0 Å². The molecule has 2 aromatic carbocycles. The number of esters is 1. The summed E-state index contributed by atoms with van der Waals surface area (Å²) in [5.41, 5.74) is 4.39. The van der Waals surface area contributed by atoms with E-state index < -0.39 is 0 Å². The van der Waals surface area contributed by atoms with Crippen molar-refractivity contribution in [1.82, 2.24) is 9.55 Å². The maximum Gasteiger partial charge on any atom is 0.337 e. The fourth-order valence-corrected chi connectivity index (χ4v) is 3.95. The summed E-state index contributed by atoms with van der Waals surface area (Å²) in [5.74, 6) is 0.00197. The van der Waals surface area contributed by atoms with E-state index in [2.05, 4.69) is 4.57 Å². The van der Waals surface area contributed by atoms with Gasteiger partial charge in [0.25, 0.3) is 0 Å². The van der Waals surface area contributed by atoms with Crippen molar-refractivity contribution in [3.8, 4) is 17.1 Å². The summed E-state index contributed by atoms with van der Waals surface area (Å²) in [6.07, 6.45) is 3.98. The molecule has 0 unspecified atom stereocenters. The zero-order valence-corrected chi connectivity index (χ0v) is 16.3. The monoisotopic (exact) mass is 394 g/mol. The Balaban J connectivity index is 1.94. The molecule has 0 saturated heterocycles. The van der Waals surface area contributed by atoms with E-state index in [4.69, 9.17) is 21.9 Å². The number of nitrogens with zero attached hydrogens (tertiary/aromatic N) is 2. The summed E-state index contributed by atoms with van der Waals surface area (Å²) < 4.78 is 20.9. The number of benzene rings is 2. The van der Waals surface area contributed by atoms with E-state index in [1.54, 1.807) is 24.3 Å². The Kier molecular flexibility index (Phi) is 5.05. The van der Waals surface area contributed by atoms with Crippen molar-refractivity contribution in [2.75, 3.05) is 7.11 Å². The smallest absolute Gasteiger partial charge is 0.337 e. The lowest BCUT2D eigenvalue weighted by Gasteiger charge is -2.24. The largest absolute Gasteiger partial charge is 0.465 e. The van der Waals surface area contributed by atoms with Gasteiger partial charge in [-0.3, -0.25) is 4.57 Å². The van der Waals surface area contributed by atoms with Gasteiger partial charge in [-0.25, -0.2) is 14.2 Å². The van der Waals surface area contributed by atoms with Gasteiger partial charge in [-0.2, -0.15) is 0 Å². The van der Waals surface area contributed by atoms with E-state index in [0.717, 1.165) is 48.2 Å². The summed E-state index contributed by atoms with van der Waals surface area (Å²) in [6.45, 7) is 0. The Morgan fingerprint density at radius 2 is 1.75 bits per heavy atom. The number of rotatable bonds is 3. The van der Waals surface area contributed by atoms with E-state index in [1.165, 1.54) is 19.2 Å². The minimum atomic E-state index is -0.378. The number of ether oxygens (including phenoxy) is 1. The second kappa shape index (κ2) is 7.64. The van der Waals surface area contributed by atoms with Crippen molar-refractivity contribution in [2.45, 2.75) is 25.7 Å². The Morgan fingerprint density at radius 3 is 2.43 bits per heavy atom. The third kappa shape index (κ3) is 3.36. The molecule has 1 aromatic heterocycles. The lowest BCUT2D eigenvalue weighted by molar-refractivity contribution is 0.0600. The fraction of sp³-hybridized carbons (Fsp3) is 0.227. The predicted octanol–water partition coefficient (Wildman–Crippen LogP) is 5.07. The van der Waals surface area contributed by atoms with Gasteiger partial charge in [-0.05, 0) is 74.2 Å². The van der Waals surface area contributed by atoms with E-state index in [1.807, 2.05) is 12.1 Å². The highest BCUT2D eigenvalue weighted by molar-refractivity contribution is 7.71. The predicted molar refractivity (Wildman–Crippen MR) is 108 cm³/mol. The molecule has 1 aliphatic rings. The molecule has 1 aliphatic carbocycles. The van der Waals surface area contributed by atoms with Crippen molar-refractivity contribution >= 4 is 18.2 Å². The van der Waals surface area contributed by atoms with Crippen LogP contribution in [0.5, 0.6) is 0 Å². The topological polar surface area (TPSA) is 44.1 Å². The molecule has 6 heteroatoms. The molecule has 0 spiro atoms. The Hall–Kier alpha value is -2.86. The first-order chi connectivity index (χ1) is 13.6. The number of fused-ring (bicyclic) bond motifs is 1. The van der Waals surface area contributed by atoms with E-state index >= 15 is 0 Å². The molecule has 3 aromatic rings. The van der Waals surface area contributed by atoms with Crippen molar-refractivity contribution in [3.05, 3.63) is 75.8 Å². The van der Waals surface area contributed by atoms with Crippen molar-refractivity contribution in [3.63, 3.8) is 0 Å². The van der Waals surface area contributed by atoms with Gasteiger partial charge in [0, 0.05) is 22.5 Å². The number of aromatic nitrogens is 2. The molecule has 142 valence electrons. The molecule has 0 atom stereocenters. The van der Waals surface area contributed by atoms with Gasteiger partial charge >= 0.3 is 5.97 Å². The number of hydrogen-bond donors (Lipinski definition) is 0. The summed E-state index contributed by atoms with van der Waals surface area (Å²) in [6, 6.07) is 13.5. The number of carbonyl (C=O) groups excluding carboxylic acids is 1. The lowest BCUT2D eigenvalue weighted by atomic mass is 9.96.